The first kappa shape index (κ1) is 21.2. The zero-order valence-corrected chi connectivity index (χ0v) is 17.9. The van der Waals surface area contributed by atoms with Gasteiger partial charge in [0, 0.05) is 17.7 Å². The van der Waals surface area contributed by atoms with Crippen molar-refractivity contribution in [3.8, 4) is 17.1 Å². The number of aromatic nitrogens is 5. The van der Waals surface area contributed by atoms with Crippen molar-refractivity contribution in [3.05, 3.63) is 89.7 Å². The zero-order valence-electron chi connectivity index (χ0n) is 17.9. The van der Waals surface area contributed by atoms with Crippen LogP contribution in [0.5, 0.6) is 5.75 Å². The van der Waals surface area contributed by atoms with Crippen LogP contribution in [0, 0.1) is 5.92 Å². The van der Waals surface area contributed by atoms with E-state index >= 15 is 0 Å². The SMILES string of the molecule is FC(F)n1nnc(-c2ccc(C(c3ccc(OCc4ccccn4)cc3)C3CCC3)cc2)n1. The van der Waals surface area contributed by atoms with Crippen LogP contribution in [-0.4, -0.2) is 25.2 Å². The Morgan fingerprint density at radius 2 is 1.67 bits per heavy atom. The lowest BCUT2D eigenvalue weighted by Crippen LogP contribution is -2.21. The second-order valence-corrected chi connectivity index (χ2v) is 8.18. The Bertz CT molecular complexity index is 1180. The highest BCUT2D eigenvalue weighted by molar-refractivity contribution is 5.55. The number of tetrazole rings is 1. The van der Waals surface area contributed by atoms with E-state index in [2.05, 4.69) is 32.5 Å². The van der Waals surface area contributed by atoms with Crippen molar-refractivity contribution in [3.63, 3.8) is 0 Å². The van der Waals surface area contributed by atoms with Crippen molar-refractivity contribution in [1.29, 1.82) is 0 Å². The van der Waals surface area contributed by atoms with Crippen molar-refractivity contribution in [2.24, 2.45) is 5.92 Å². The summed E-state index contributed by atoms with van der Waals surface area (Å²) in [5.74, 6) is 1.84. The van der Waals surface area contributed by atoms with Crippen LogP contribution in [0.1, 0.15) is 48.6 Å². The topological polar surface area (TPSA) is 65.7 Å². The van der Waals surface area contributed by atoms with Crippen molar-refractivity contribution >= 4 is 0 Å². The summed E-state index contributed by atoms with van der Waals surface area (Å²) in [6, 6.07) is 21.8. The molecule has 0 amide bonds. The van der Waals surface area contributed by atoms with Crippen LogP contribution < -0.4 is 4.74 Å². The molecule has 1 aliphatic rings. The maximum Gasteiger partial charge on any atom is 0.350 e. The summed E-state index contributed by atoms with van der Waals surface area (Å²) < 4.78 is 31.4. The van der Waals surface area contributed by atoms with E-state index in [1.165, 1.54) is 30.4 Å². The van der Waals surface area contributed by atoms with Gasteiger partial charge in [-0.15, -0.1) is 10.2 Å². The van der Waals surface area contributed by atoms with E-state index in [1.807, 2.05) is 54.6 Å². The Kier molecular flexibility index (Phi) is 6.06. The normalized spacial score (nSPS) is 14.8. The van der Waals surface area contributed by atoms with E-state index in [9.17, 15) is 8.78 Å². The molecule has 2 aromatic heterocycles. The van der Waals surface area contributed by atoms with Gasteiger partial charge in [-0.1, -0.05) is 53.7 Å². The maximum atomic E-state index is 12.7. The highest BCUT2D eigenvalue weighted by Gasteiger charge is 2.30. The molecule has 5 rings (SSSR count). The molecular weight excluding hydrogens is 424 g/mol. The van der Waals surface area contributed by atoms with Gasteiger partial charge in [0.05, 0.1) is 5.69 Å². The molecule has 0 radical (unpaired) electrons. The molecule has 8 heteroatoms. The number of hydrogen-bond acceptors (Lipinski definition) is 5. The van der Waals surface area contributed by atoms with Crippen molar-refractivity contribution < 1.29 is 13.5 Å². The third kappa shape index (κ3) is 4.74. The molecule has 2 aromatic carbocycles. The fraction of sp³-hybridized carbons (Fsp3) is 0.280. The Morgan fingerprint density at radius 3 is 2.24 bits per heavy atom. The van der Waals surface area contributed by atoms with Gasteiger partial charge >= 0.3 is 6.55 Å². The summed E-state index contributed by atoms with van der Waals surface area (Å²) in [7, 11) is 0. The van der Waals surface area contributed by atoms with Crippen LogP contribution in [-0.2, 0) is 6.61 Å². The van der Waals surface area contributed by atoms with Crippen LogP contribution in [0.4, 0.5) is 8.78 Å². The Morgan fingerprint density at radius 1 is 0.939 bits per heavy atom. The van der Waals surface area contributed by atoms with Crippen molar-refractivity contribution in [1.82, 2.24) is 25.2 Å². The van der Waals surface area contributed by atoms with E-state index in [4.69, 9.17) is 4.74 Å². The lowest BCUT2D eigenvalue weighted by molar-refractivity contribution is 0.0397. The lowest BCUT2D eigenvalue weighted by Gasteiger charge is -2.34. The monoisotopic (exact) mass is 447 g/mol. The second kappa shape index (κ2) is 9.44. The van der Waals surface area contributed by atoms with Gasteiger partial charge in [0.1, 0.15) is 12.4 Å². The molecule has 0 aliphatic heterocycles. The third-order valence-corrected chi connectivity index (χ3v) is 6.10. The van der Waals surface area contributed by atoms with Crippen molar-refractivity contribution in [2.75, 3.05) is 0 Å². The first-order valence-electron chi connectivity index (χ1n) is 11.0. The number of nitrogens with zero attached hydrogens (tertiary/aromatic N) is 5. The van der Waals surface area contributed by atoms with Crippen LogP contribution in [0.3, 0.4) is 0 Å². The molecule has 1 atom stereocenters. The smallest absolute Gasteiger partial charge is 0.350 e. The third-order valence-electron chi connectivity index (χ3n) is 6.10. The molecule has 0 saturated heterocycles. The Hall–Kier alpha value is -3.68. The minimum atomic E-state index is -2.80. The highest BCUT2D eigenvalue weighted by Crippen LogP contribution is 2.43. The molecule has 1 aliphatic carbocycles. The molecule has 2 heterocycles. The van der Waals surface area contributed by atoms with Gasteiger partial charge in [-0.2, -0.15) is 8.78 Å². The summed E-state index contributed by atoms with van der Waals surface area (Å²) in [6.45, 7) is -2.37. The summed E-state index contributed by atoms with van der Waals surface area (Å²) >= 11 is 0. The van der Waals surface area contributed by atoms with E-state index in [0.717, 1.165) is 11.4 Å². The largest absolute Gasteiger partial charge is 0.487 e. The zero-order chi connectivity index (χ0) is 22.6. The molecular formula is C25H23F2N5O. The Balaban J connectivity index is 1.33. The number of alkyl halides is 2. The molecule has 6 nitrogen and oxygen atoms in total. The van der Waals surface area contributed by atoms with E-state index < -0.39 is 6.55 Å². The molecule has 1 fully saturated rings. The number of hydrogen-bond donors (Lipinski definition) is 0. The van der Waals surface area contributed by atoms with Gasteiger partial charge in [-0.05, 0) is 59.4 Å². The molecule has 0 spiro atoms. The quantitative estimate of drug-likeness (QED) is 0.350. The fourth-order valence-corrected chi connectivity index (χ4v) is 4.19. The number of pyridine rings is 1. The number of halogens is 2. The predicted octanol–water partition coefficient (Wildman–Crippen LogP) is 5.64. The summed E-state index contributed by atoms with van der Waals surface area (Å²) in [4.78, 5) is 4.60. The highest BCUT2D eigenvalue weighted by atomic mass is 19.3. The van der Waals surface area contributed by atoms with Gasteiger partial charge < -0.3 is 4.74 Å². The summed E-state index contributed by atoms with van der Waals surface area (Å²) in [5.41, 5.74) is 3.97. The van der Waals surface area contributed by atoms with Gasteiger partial charge in [-0.25, -0.2) is 0 Å². The van der Waals surface area contributed by atoms with Gasteiger partial charge in [0.2, 0.25) is 5.82 Å². The molecule has 1 saturated carbocycles. The van der Waals surface area contributed by atoms with Crippen LogP contribution in [0.15, 0.2) is 72.9 Å². The van der Waals surface area contributed by atoms with Crippen LogP contribution >= 0.6 is 0 Å². The minimum absolute atomic E-state index is 0.191. The minimum Gasteiger partial charge on any atom is -0.487 e. The average molecular weight is 447 g/mol. The predicted molar refractivity (Wildman–Crippen MR) is 119 cm³/mol. The molecule has 168 valence electrons. The number of benzene rings is 2. The summed E-state index contributed by atoms with van der Waals surface area (Å²) in [5, 5.41) is 10.9. The first-order chi connectivity index (χ1) is 16.2. The average Bonchev–Trinajstić information content (AvgIpc) is 3.32. The second-order valence-electron chi connectivity index (χ2n) is 8.18. The van der Waals surface area contributed by atoms with Crippen LogP contribution in [0.25, 0.3) is 11.4 Å². The van der Waals surface area contributed by atoms with E-state index in [1.54, 1.807) is 6.20 Å². The van der Waals surface area contributed by atoms with Gasteiger partial charge in [0.15, 0.2) is 0 Å². The standard InChI is InChI=1S/C25H23F2N5O/c26-25(27)32-30-24(29-31-32)20-9-7-18(8-10-20)23(17-4-3-5-17)19-11-13-22(14-12-19)33-16-21-6-1-2-15-28-21/h1-2,6-15,17,23,25H,3-5,16H2. The molecule has 33 heavy (non-hydrogen) atoms. The first-order valence-corrected chi connectivity index (χ1v) is 11.0. The molecule has 1 unspecified atom stereocenters. The number of ether oxygens (including phenoxy) is 1. The van der Waals surface area contributed by atoms with E-state index in [0.29, 0.717) is 22.9 Å². The fourth-order valence-electron chi connectivity index (χ4n) is 4.19. The van der Waals surface area contributed by atoms with Crippen LogP contribution in [0.2, 0.25) is 0 Å². The molecule has 0 N–H and O–H groups in total. The Labute approximate surface area is 190 Å². The van der Waals surface area contributed by atoms with Gasteiger partial charge in [-0.3, -0.25) is 4.98 Å². The lowest BCUT2D eigenvalue weighted by atomic mass is 9.70. The van der Waals surface area contributed by atoms with E-state index in [-0.39, 0.29) is 11.7 Å². The van der Waals surface area contributed by atoms with Crippen molar-refractivity contribution in [2.45, 2.75) is 38.3 Å². The van der Waals surface area contributed by atoms with Gasteiger partial charge in [0.25, 0.3) is 0 Å². The maximum absolute atomic E-state index is 12.7. The summed E-state index contributed by atoms with van der Waals surface area (Å²) in [6.07, 6.45) is 5.38. The number of rotatable bonds is 8. The molecule has 4 aromatic rings. The molecule has 0 bridgehead atoms.